The van der Waals surface area contributed by atoms with E-state index in [0.717, 1.165) is 25.5 Å². The number of nitrogens with zero attached hydrogens (tertiary/aromatic N) is 2. The largest absolute Gasteiger partial charge is 0.352 e. The highest BCUT2D eigenvalue weighted by molar-refractivity contribution is 6.04. The summed E-state index contributed by atoms with van der Waals surface area (Å²) >= 11 is 0. The van der Waals surface area contributed by atoms with Gasteiger partial charge in [-0.2, -0.15) is 0 Å². The summed E-state index contributed by atoms with van der Waals surface area (Å²) < 4.78 is 15.5. The fraction of sp³-hybridized carbons (Fsp3) is 0.389. The Morgan fingerprint density at radius 3 is 2.88 bits per heavy atom. The predicted molar refractivity (Wildman–Crippen MR) is 91.5 cm³/mol. The predicted octanol–water partition coefficient (Wildman–Crippen LogP) is 2.44. The number of carbonyl (C=O) groups excluding carboxylic acids is 2. The molecule has 2 amide bonds. The molecule has 0 aliphatic heterocycles. The summed E-state index contributed by atoms with van der Waals surface area (Å²) in [5, 5.41) is 5.51. The number of imidazole rings is 1. The maximum atomic E-state index is 13.5. The van der Waals surface area contributed by atoms with Gasteiger partial charge in [-0.15, -0.1) is 0 Å². The molecule has 1 aromatic carbocycles. The van der Waals surface area contributed by atoms with Crippen molar-refractivity contribution in [1.82, 2.24) is 14.9 Å². The Morgan fingerprint density at radius 2 is 2.20 bits per heavy atom. The summed E-state index contributed by atoms with van der Waals surface area (Å²) in [6, 6.07) is 3.82. The smallest absolute Gasteiger partial charge is 0.253 e. The topological polar surface area (TPSA) is 76.0 Å². The molecule has 2 aromatic rings. The number of aromatic nitrogens is 2. The lowest BCUT2D eigenvalue weighted by molar-refractivity contribution is -0.117. The third-order valence-electron chi connectivity index (χ3n) is 4.37. The third-order valence-corrected chi connectivity index (χ3v) is 4.37. The van der Waals surface area contributed by atoms with Crippen LogP contribution >= 0.6 is 0 Å². The molecular weight excluding hydrogens is 323 g/mol. The minimum absolute atomic E-state index is 0.0175. The van der Waals surface area contributed by atoms with Gasteiger partial charge in [-0.3, -0.25) is 9.59 Å². The van der Waals surface area contributed by atoms with Gasteiger partial charge >= 0.3 is 0 Å². The first-order valence-electron chi connectivity index (χ1n) is 8.39. The van der Waals surface area contributed by atoms with Crippen LogP contribution in [0.1, 0.15) is 30.1 Å². The van der Waals surface area contributed by atoms with Crippen LogP contribution in [0.4, 0.5) is 10.1 Å². The van der Waals surface area contributed by atoms with E-state index in [1.165, 1.54) is 12.1 Å². The van der Waals surface area contributed by atoms with Crippen molar-refractivity contribution >= 4 is 17.5 Å². The van der Waals surface area contributed by atoms with Gasteiger partial charge in [0.25, 0.3) is 5.91 Å². The van der Waals surface area contributed by atoms with Gasteiger partial charge in [0.05, 0.1) is 17.6 Å². The number of benzene rings is 1. The van der Waals surface area contributed by atoms with Crippen molar-refractivity contribution in [2.75, 3.05) is 11.9 Å². The van der Waals surface area contributed by atoms with Crippen LogP contribution in [0, 0.1) is 17.7 Å². The Morgan fingerprint density at radius 1 is 1.40 bits per heavy atom. The lowest BCUT2D eigenvalue weighted by Gasteiger charge is -2.12. The number of hydrogen-bond donors (Lipinski definition) is 2. The molecular formula is C18H21FN4O2. The molecule has 2 N–H and O–H groups in total. The Kier molecular flexibility index (Phi) is 5.11. The molecule has 3 rings (SSSR count). The van der Waals surface area contributed by atoms with E-state index < -0.39 is 11.7 Å². The first-order valence-corrected chi connectivity index (χ1v) is 8.39. The Hall–Kier alpha value is -2.70. The zero-order valence-corrected chi connectivity index (χ0v) is 14.0. The maximum absolute atomic E-state index is 13.5. The number of hydrogen-bond acceptors (Lipinski definition) is 3. The molecule has 1 heterocycles. The number of carbonyl (C=O) groups is 2. The summed E-state index contributed by atoms with van der Waals surface area (Å²) in [5.41, 5.74) is 0.488. The molecule has 1 aliphatic rings. The van der Waals surface area contributed by atoms with Crippen LogP contribution in [0.25, 0.3) is 0 Å². The molecule has 0 unspecified atom stereocenters. The minimum atomic E-state index is -0.513. The Labute approximate surface area is 145 Å². The lowest BCUT2D eigenvalue weighted by Crippen LogP contribution is -2.27. The summed E-state index contributed by atoms with van der Waals surface area (Å²) in [4.78, 5) is 28.4. The van der Waals surface area contributed by atoms with Crippen LogP contribution in [0.15, 0.2) is 36.9 Å². The fourth-order valence-electron chi connectivity index (χ4n) is 2.70. The zero-order chi connectivity index (χ0) is 17.8. The van der Waals surface area contributed by atoms with Crippen LogP contribution in [-0.2, 0) is 11.3 Å². The number of aryl methyl sites for hydroxylation is 1. The van der Waals surface area contributed by atoms with Crippen LogP contribution < -0.4 is 10.6 Å². The van der Waals surface area contributed by atoms with E-state index in [1.807, 2.05) is 17.7 Å². The molecule has 1 fully saturated rings. The standard InChI is InChI=1S/C18H21FN4O2/c1-12-9-14(12)18(25)22-16-4-3-13(19)10-15(16)17(24)21-5-2-7-23-8-6-20-11-23/h3-4,6,8,10-12,14H,2,5,7,9H2,1H3,(H,21,24)(H,22,25)/t12-,14+/m0/s1. The molecule has 1 aromatic heterocycles. The second kappa shape index (κ2) is 7.46. The van der Waals surface area contributed by atoms with Crippen LogP contribution in [0.5, 0.6) is 0 Å². The van der Waals surface area contributed by atoms with E-state index in [4.69, 9.17) is 0 Å². The second-order valence-electron chi connectivity index (χ2n) is 6.41. The van der Waals surface area contributed by atoms with Crippen LogP contribution in [0.2, 0.25) is 0 Å². The highest BCUT2D eigenvalue weighted by Gasteiger charge is 2.39. The van der Waals surface area contributed by atoms with Gasteiger partial charge < -0.3 is 15.2 Å². The minimum Gasteiger partial charge on any atom is -0.352 e. The average Bonchev–Trinajstić information content (AvgIpc) is 3.10. The average molecular weight is 344 g/mol. The van der Waals surface area contributed by atoms with Crippen molar-refractivity contribution in [1.29, 1.82) is 0 Å². The summed E-state index contributed by atoms with van der Waals surface area (Å²) in [5.74, 6) is -0.684. The van der Waals surface area contributed by atoms with E-state index in [1.54, 1.807) is 12.5 Å². The number of anilines is 1. The van der Waals surface area contributed by atoms with E-state index in [2.05, 4.69) is 15.6 Å². The normalized spacial score (nSPS) is 18.6. The summed E-state index contributed by atoms with van der Waals surface area (Å²) in [6.07, 6.45) is 6.82. The molecule has 6 nitrogen and oxygen atoms in total. The van der Waals surface area contributed by atoms with Crippen molar-refractivity contribution in [3.8, 4) is 0 Å². The third kappa shape index (κ3) is 4.43. The maximum Gasteiger partial charge on any atom is 0.253 e. The Balaban J connectivity index is 1.58. The molecule has 7 heteroatoms. The molecule has 0 saturated heterocycles. The number of nitrogens with one attached hydrogen (secondary N) is 2. The molecule has 25 heavy (non-hydrogen) atoms. The fourth-order valence-corrected chi connectivity index (χ4v) is 2.70. The van der Waals surface area contributed by atoms with Crippen molar-refractivity contribution in [3.63, 3.8) is 0 Å². The van der Waals surface area contributed by atoms with Crippen LogP contribution in [-0.4, -0.2) is 27.9 Å². The Bertz CT molecular complexity index is 760. The molecule has 1 aliphatic carbocycles. The molecule has 0 bridgehead atoms. The van der Waals surface area contributed by atoms with Crippen LogP contribution in [0.3, 0.4) is 0 Å². The van der Waals surface area contributed by atoms with Crippen molar-refractivity contribution in [3.05, 3.63) is 48.3 Å². The monoisotopic (exact) mass is 344 g/mol. The van der Waals surface area contributed by atoms with Gasteiger partial charge in [0, 0.05) is 31.4 Å². The van der Waals surface area contributed by atoms with Gasteiger partial charge in [-0.25, -0.2) is 9.37 Å². The molecule has 132 valence electrons. The van der Waals surface area contributed by atoms with E-state index in [-0.39, 0.29) is 17.4 Å². The SMILES string of the molecule is C[C@H]1C[C@H]1C(=O)Nc1ccc(F)cc1C(=O)NCCCn1ccnc1. The summed E-state index contributed by atoms with van der Waals surface area (Å²) in [6.45, 7) is 3.18. The van der Waals surface area contributed by atoms with Gasteiger partial charge in [0.15, 0.2) is 0 Å². The highest BCUT2D eigenvalue weighted by Crippen LogP contribution is 2.38. The second-order valence-corrected chi connectivity index (χ2v) is 6.41. The van der Waals surface area contributed by atoms with Gasteiger partial charge in [-0.05, 0) is 37.0 Å². The van der Waals surface area contributed by atoms with E-state index in [9.17, 15) is 14.0 Å². The number of halogens is 1. The van der Waals surface area contributed by atoms with Crippen molar-refractivity contribution in [2.24, 2.45) is 11.8 Å². The van der Waals surface area contributed by atoms with Crippen molar-refractivity contribution in [2.45, 2.75) is 26.3 Å². The lowest BCUT2D eigenvalue weighted by atomic mass is 10.1. The molecule has 0 radical (unpaired) electrons. The quantitative estimate of drug-likeness (QED) is 0.758. The molecule has 2 atom stereocenters. The number of rotatable bonds is 7. The number of amides is 2. The van der Waals surface area contributed by atoms with Gasteiger partial charge in [-0.1, -0.05) is 6.92 Å². The van der Waals surface area contributed by atoms with Crippen molar-refractivity contribution < 1.29 is 14.0 Å². The van der Waals surface area contributed by atoms with E-state index in [0.29, 0.717) is 18.2 Å². The van der Waals surface area contributed by atoms with Gasteiger partial charge in [0.2, 0.25) is 5.91 Å². The summed E-state index contributed by atoms with van der Waals surface area (Å²) in [7, 11) is 0. The van der Waals surface area contributed by atoms with Gasteiger partial charge in [0.1, 0.15) is 5.82 Å². The van der Waals surface area contributed by atoms with E-state index >= 15 is 0 Å². The first kappa shape index (κ1) is 17.1. The molecule has 0 spiro atoms. The highest BCUT2D eigenvalue weighted by atomic mass is 19.1. The first-order chi connectivity index (χ1) is 12.0. The molecule has 1 saturated carbocycles. The zero-order valence-electron chi connectivity index (χ0n) is 14.0.